The van der Waals surface area contributed by atoms with Crippen molar-refractivity contribution in [1.82, 2.24) is 9.78 Å². The Kier molecular flexibility index (Phi) is 3.02. The van der Waals surface area contributed by atoms with Gasteiger partial charge in [-0.15, -0.1) is 0 Å². The van der Waals surface area contributed by atoms with Gasteiger partial charge < -0.3 is 5.73 Å². The van der Waals surface area contributed by atoms with E-state index >= 15 is 0 Å². The van der Waals surface area contributed by atoms with E-state index in [2.05, 4.69) is 5.10 Å². The molecular weight excluding hydrogens is 268 g/mol. The first-order valence-corrected chi connectivity index (χ1v) is 5.60. The van der Waals surface area contributed by atoms with Crippen molar-refractivity contribution >= 4 is 40.6 Å². The van der Waals surface area contributed by atoms with Crippen LogP contribution < -0.4 is 5.73 Å². The van der Waals surface area contributed by atoms with Crippen molar-refractivity contribution in [2.24, 2.45) is 0 Å². The third-order valence-corrected chi connectivity index (χ3v) is 3.16. The van der Waals surface area contributed by atoms with E-state index in [-0.39, 0.29) is 0 Å². The minimum Gasteiger partial charge on any atom is -0.382 e. The molecule has 0 atom stereocenters. The van der Waals surface area contributed by atoms with Crippen LogP contribution in [0.2, 0.25) is 15.1 Å². The van der Waals surface area contributed by atoms with Crippen LogP contribution in [-0.2, 0) is 0 Å². The molecule has 6 heteroatoms. The smallest absolute Gasteiger partial charge is 0.146 e. The average Bonchev–Trinajstić information content (AvgIpc) is 2.46. The average molecular weight is 277 g/mol. The number of benzene rings is 1. The molecule has 3 nitrogen and oxygen atoms in total. The van der Waals surface area contributed by atoms with Crippen LogP contribution in [0.15, 0.2) is 18.2 Å². The monoisotopic (exact) mass is 275 g/mol. The lowest BCUT2D eigenvalue weighted by molar-refractivity contribution is 0.872. The summed E-state index contributed by atoms with van der Waals surface area (Å²) in [6.45, 7) is 1.78. The van der Waals surface area contributed by atoms with E-state index in [1.807, 2.05) is 0 Å². The molecule has 0 radical (unpaired) electrons. The summed E-state index contributed by atoms with van der Waals surface area (Å²) < 4.78 is 1.50. The van der Waals surface area contributed by atoms with Gasteiger partial charge in [0.15, 0.2) is 0 Å². The molecule has 0 saturated carbocycles. The van der Waals surface area contributed by atoms with Gasteiger partial charge >= 0.3 is 0 Å². The van der Waals surface area contributed by atoms with E-state index in [0.717, 1.165) is 0 Å². The van der Waals surface area contributed by atoms with Gasteiger partial charge in [0.05, 0.1) is 16.4 Å². The Labute approximate surface area is 108 Å². The van der Waals surface area contributed by atoms with Crippen molar-refractivity contribution < 1.29 is 0 Å². The van der Waals surface area contributed by atoms with Crippen LogP contribution in [0.25, 0.3) is 5.69 Å². The largest absolute Gasteiger partial charge is 0.382 e. The van der Waals surface area contributed by atoms with Crippen molar-refractivity contribution in [3.05, 3.63) is 39.0 Å². The SMILES string of the molecule is Cc1nn(-c2ccc(Cl)cc2Cl)c(N)c1Cl. The van der Waals surface area contributed by atoms with Gasteiger partial charge in [0, 0.05) is 5.02 Å². The summed E-state index contributed by atoms with van der Waals surface area (Å²) >= 11 is 17.8. The highest BCUT2D eigenvalue weighted by atomic mass is 35.5. The van der Waals surface area contributed by atoms with Crippen LogP contribution in [0.5, 0.6) is 0 Å². The van der Waals surface area contributed by atoms with Crippen molar-refractivity contribution in [3.63, 3.8) is 0 Å². The Morgan fingerprint density at radius 2 is 1.94 bits per heavy atom. The molecule has 2 N–H and O–H groups in total. The number of anilines is 1. The minimum absolute atomic E-state index is 0.364. The fourth-order valence-electron chi connectivity index (χ4n) is 1.36. The van der Waals surface area contributed by atoms with E-state index < -0.39 is 0 Å². The quantitative estimate of drug-likeness (QED) is 0.862. The lowest BCUT2D eigenvalue weighted by atomic mass is 10.3. The summed E-state index contributed by atoms with van der Waals surface area (Å²) in [5.41, 5.74) is 7.13. The highest BCUT2D eigenvalue weighted by molar-refractivity contribution is 6.36. The molecule has 0 bridgehead atoms. The van der Waals surface area contributed by atoms with Gasteiger partial charge in [0.1, 0.15) is 10.8 Å². The summed E-state index contributed by atoms with van der Waals surface area (Å²) in [5, 5.41) is 5.67. The second kappa shape index (κ2) is 4.17. The van der Waals surface area contributed by atoms with Gasteiger partial charge in [-0.2, -0.15) is 5.10 Å². The normalized spacial score (nSPS) is 10.8. The van der Waals surface area contributed by atoms with Gasteiger partial charge in [-0.05, 0) is 25.1 Å². The molecule has 1 aromatic heterocycles. The molecule has 0 unspecified atom stereocenters. The van der Waals surface area contributed by atoms with Crippen molar-refractivity contribution in [2.45, 2.75) is 6.92 Å². The number of aromatic nitrogens is 2. The number of nitrogens with zero attached hydrogens (tertiary/aromatic N) is 2. The van der Waals surface area contributed by atoms with E-state index in [4.69, 9.17) is 40.5 Å². The Morgan fingerprint density at radius 1 is 1.25 bits per heavy atom. The topological polar surface area (TPSA) is 43.8 Å². The first-order chi connectivity index (χ1) is 7.50. The standard InChI is InChI=1S/C10H8Cl3N3/c1-5-9(13)10(14)16(15-5)8-3-2-6(11)4-7(8)12/h2-4H,14H2,1H3. The zero-order chi connectivity index (χ0) is 11.9. The van der Waals surface area contributed by atoms with Gasteiger partial charge in [-0.3, -0.25) is 0 Å². The van der Waals surface area contributed by atoms with E-state index in [0.29, 0.717) is 32.3 Å². The molecule has 2 rings (SSSR count). The van der Waals surface area contributed by atoms with E-state index in [1.54, 1.807) is 25.1 Å². The van der Waals surface area contributed by atoms with Gasteiger partial charge in [0.25, 0.3) is 0 Å². The van der Waals surface area contributed by atoms with Crippen LogP contribution in [0, 0.1) is 6.92 Å². The second-order valence-electron chi connectivity index (χ2n) is 3.29. The fraction of sp³-hybridized carbons (Fsp3) is 0.100. The van der Waals surface area contributed by atoms with E-state index in [9.17, 15) is 0 Å². The zero-order valence-electron chi connectivity index (χ0n) is 8.34. The Balaban J connectivity index is 2.63. The number of hydrogen-bond donors (Lipinski definition) is 1. The molecule has 84 valence electrons. The zero-order valence-corrected chi connectivity index (χ0v) is 10.6. The number of aryl methyl sites for hydroxylation is 1. The van der Waals surface area contributed by atoms with Gasteiger partial charge in [-0.1, -0.05) is 34.8 Å². The summed E-state index contributed by atoms with van der Waals surface area (Å²) in [4.78, 5) is 0. The number of nitrogens with two attached hydrogens (primary N) is 1. The first kappa shape index (κ1) is 11.6. The molecule has 0 saturated heterocycles. The molecule has 0 aliphatic rings. The molecule has 0 amide bonds. The van der Waals surface area contributed by atoms with Crippen LogP contribution in [-0.4, -0.2) is 9.78 Å². The number of hydrogen-bond acceptors (Lipinski definition) is 2. The van der Waals surface area contributed by atoms with Crippen molar-refractivity contribution in [2.75, 3.05) is 5.73 Å². The molecule has 16 heavy (non-hydrogen) atoms. The van der Waals surface area contributed by atoms with Crippen LogP contribution >= 0.6 is 34.8 Å². The predicted octanol–water partition coefficient (Wildman–Crippen LogP) is 3.72. The van der Waals surface area contributed by atoms with Crippen LogP contribution in [0.3, 0.4) is 0 Å². The highest BCUT2D eigenvalue weighted by Crippen LogP contribution is 2.30. The minimum atomic E-state index is 0.364. The van der Waals surface area contributed by atoms with Gasteiger partial charge in [-0.25, -0.2) is 4.68 Å². The van der Waals surface area contributed by atoms with E-state index in [1.165, 1.54) is 4.68 Å². The maximum absolute atomic E-state index is 6.05. The maximum Gasteiger partial charge on any atom is 0.146 e. The molecule has 1 aromatic carbocycles. The lowest BCUT2D eigenvalue weighted by Crippen LogP contribution is -2.02. The molecular formula is C10H8Cl3N3. The number of halogens is 3. The lowest BCUT2D eigenvalue weighted by Gasteiger charge is -2.06. The van der Waals surface area contributed by atoms with Crippen LogP contribution in [0.1, 0.15) is 5.69 Å². The maximum atomic E-state index is 6.05. The fourth-order valence-corrected chi connectivity index (χ4v) is 1.97. The second-order valence-corrected chi connectivity index (χ2v) is 4.51. The molecule has 0 aliphatic carbocycles. The molecule has 2 aromatic rings. The van der Waals surface area contributed by atoms with Crippen LogP contribution in [0.4, 0.5) is 5.82 Å². The summed E-state index contributed by atoms with van der Waals surface area (Å²) in [6.07, 6.45) is 0. The van der Waals surface area contributed by atoms with Crippen molar-refractivity contribution in [1.29, 1.82) is 0 Å². The van der Waals surface area contributed by atoms with Gasteiger partial charge in [0.2, 0.25) is 0 Å². The summed E-state index contributed by atoms with van der Waals surface area (Å²) in [6, 6.07) is 5.08. The Hall–Kier alpha value is -0.900. The number of rotatable bonds is 1. The summed E-state index contributed by atoms with van der Waals surface area (Å²) in [5.74, 6) is 0.364. The predicted molar refractivity (Wildman–Crippen MR) is 67.7 cm³/mol. The number of nitrogen functional groups attached to an aromatic ring is 1. The highest BCUT2D eigenvalue weighted by Gasteiger charge is 2.13. The Bertz CT molecular complexity index is 548. The van der Waals surface area contributed by atoms with Crippen molar-refractivity contribution in [3.8, 4) is 5.69 Å². The molecule has 0 fully saturated rings. The third-order valence-electron chi connectivity index (χ3n) is 2.16. The third kappa shape index (κ3) is 1.86. The summed E-state index contributed by atoms with van der Waals surface area (Å²) in [7, 11) is 0. The first-order valence-electron chi connectivity index (χ1n) is 4.46. The molecule has 0 spiro atoms. The molecule has 1 heterocycles. The molecule has 0 aliphatic heterocycles. The Morgan fingerprint density at radius 3 is 2.44 bits per heavy atom.